The summed E-state index contributed by atoms with van der Waals surface area (Å²) in [7, 11) is 0. The molecule has 0 fully saturated rings. The zero-order chi connectivity index (χ0) is 14.7. The average molecular weight is 448 g/mol. The van der Waals surface area contributed by atoms with Crippen molar-refractivity contribution < 1.29 is 0 Å². The van der Waals surface area contributed by atoms with Crippen LogP contribution < -0.4 is 16.6 Å². The number of aryl methyl sites for hydroxylation is 1. The van der Waals surface area contributed by atoms with E-state index in [1.54, 1.807) is 0 Å². The Morgan fingerprint density at radius 2 is 2.00 bits per heavy atom. The number of hydrogen-bond donors (Lipinski definition) is 3. The van der Waals surface area contributed by atoms with E-state index in [9.17, 15) is 0 Å². The maximum absolute atomic E-state index is 5.51. The highest BCUT2D eigenvalue weighted by Crippen LogP contribution is 2.29. The van der Waals surface area contributed by atoms with E-state index in [4.69, 9.17) is 5.84 Å². The van der Waals surface area contributed by atoms with Gasteiger partial charge >= 0.3 is 0 Å². The third-order valence-electron chi connectivity index (χ3n) is 2.83. The highest BCUT2D eigenvalue weighted by atomic mass is 127. The number of anilines is 3. The molecule has 0 radical (unpaired) electrons. The van der Waals surface area contributed by atoms with Gasteiger partial charge in [0.05, 0.1) is 5.69 Å². The van der Waals surface area contributed by atoms with Crippen LogP contribution in [0.1, 0.15) is 18.3 Å². The number of nitrogen functional groups attached to an aromatic ring is 1. The molecule has 1 aromatic carbocycles. The largest absolute Gasteiger partial charge is 0.339 e. The first-order valence-electron chi connectivity index (χ1n) is 6.11. The molecule has 5 nitrogen and oxygen atoms in total. The maximum Gasteiger partial charge on any atom is 0.148 e. The van der Waals surface area contributed by atoms with Gasteiger partial charge in [0.2, 0.25) is 0 Å². The van der Waals surface area contributed by atoms with Gasteiger partial charge in [-0.05, 0) is 63.6 Å². The summed E-state index contributed by atoms with van der Waals surface area (Å²) >= 11 is 5.82. The van der Waals surface area contributed by atoms with Crippen LogP contribution in [0.15, 0.2) is 22.7 Å². The molecule has 0 amide bonds. The summed E-state index contributed by atoms with van der Waals surface area (Å²) in [4.78, 5) is 8.87. The molecule has 0 saturated carbocycles. The van der Waals surface area contributed by atoms with Gasteiger partial charge < -0.3 is 10.7 Å². The fraction of sp³-hybridized carbons (Fsp3) is 0.231. The summed E-state index contributed by atoms with van der Waals surface area (Å²) in [5.41, 5.74) is 4.46. The van der Waals surface area contributed by atoms with Crippen LogP contribution in [0, 0.1) is 10.5 Å². The Hall–Kier alpha value is -0.930. The number of aromatic nitrogens is 2. The van der Waals surface area contributed by atoms with Crippen LogP contribution in [0.2, 0.25) is 0 Å². The lowest BCUT2D eigenvalue weighted by atomic mass is 10.2. The molecule has 4 N–H and O–H groups in total. The lowest BCUT2D eigenvalue weighted by Crippen LogP contribution is -2.14. The number of rotatable bonds is 4. The van der Waals surface area contributed by atoms with E-state index in [0.29, 0.717) is 5.82 Å². The number of hydrogen-bond acceptors (Lipinski definition) is 5. The monoisotopic (exact) mass is 447 g/mol. The van der Waals surface area contributed by atoms with Gasteiger partial charge in [0, 0.05) is 20.0 Å². The van der Waals surface area contributed by atoms with Crippen molar-refractivity contribution in [3.05, 3.63) is 37.6 Å². The van der Waals surface area contributed by atoms with Crippen molar-refractivity contribution in [2.75, 3.05) is 10.7 Å². The van der Waals surface area contributed by atoms with Crippen molar-refractivity contribution >= 4 is 55.8 Å². The molecule has 7 heteroatoms. The van der Waals surface area contributed by atoms with Gasteiger partial charge in [-0.25, -0.2) is 15.8 Å². The van der Waals surface area contributed by atoms with Crippen LogP contribution in [-0.4, -0.2) is 9.97 Å². The molecular formula is C13H15BrIN5. The van der Waals surface area contributed by atoms with Crippen molar-refractivity contribution in [1.82, 2.24) is 9.97 Å². The summed E-state index contributed by atoms with van der Waals surface area (Å²) in [6, 6.07) is 6.09. The van der Waals surface area contributed by atoms with E-state index in [2.05, 4.69) is 59.2 Å². The van der Waals surface area contributed by atoms with E-state index in [0.717, 1.165) is 37.4 Å². The Kier molecular flexibility index (Phi) is 5.17. The van der Waals surface area contributed by atoms with Crippen LogP contribution in [0.4, 0.5) is 17.3 Å². The molecule has 0 spiro atoms. The highest BCUT2D eigenvalue weighted by molar-refractivity contribution is 14.1. The van der Waals surface area contributed by atoms with Crippen molar-refractivity contribution in [3.63, 3.8) is 0 Å². The third kappa shape index (κ3) is 3.39. The third-order valence-corrected chi connectivity index (χ3v) is 4.16. The number of nitrogens with zero attached hydrogens (tertiary/aromatic N) is 2. The molecule has 1 aromatic heterocycles. The minimum Gasteiger partial charge on any atom is -0.339 e. The summed E-state index contributed by atoms with van der Waals surface area (Å²) in [5, 5.41) is 3.32. The molecule has 0 saturated heterocycles. The Bertz CT molecular complexity index is 632. The minimum absolute atomic E-state index is 0.640. The molecule has 0 aliphatic heterocycles. The number of benzene rings is 1. The van der Waals surface area contributed by atoms with Gasteiger partial charge in [-0.15, -0.1) is 0 Å². The smallest absolute Gasteiger partial charge is 0.148 e. The molecular weight excluding hydrogens is 433 g/mol. The van der Waals surface area contributed by atoms with E-state index < -0.39 is 0 Å². The molecule has 0 bridgehead atoms. The Balaban J connectivity index is 2.42. The van der Waals surface area contributed by atoms with Crippen LogP contribution in [0.25, 0.3) is 0 Å². The van der Waals surface area contributed by atoms with E-state index >= 15 is 0 Å². The molecule has 0 atom stereocenters. The molecule has 2 rings (SSSR count). The first kappa shape index (κ1) is 15.5. The highest BCUT2D eigenvalue weighted by Gasteiger charge is 2.11. The summed E-state index contributed by atoms with van der Waals surface area (Å²) in [6.07, 6.45) is 0.748. The van der Waals surface area contributed by atoms with Crippen LogP contribution in [-0.2, 0) is 6.42 Å². The number of hydrazine groups is 1. The van der Waals surface area contributed by atoms with Crippen molar-refractivity contribution in [1.29, 1.82) is 0 Å². The van der Waals surface area contributed by atoms with Gasteiger partial charge in [0.15, 0.2) is 0 Å². The van der Waals surface area contributed by atoms with Gasteiger partial charge in [0.1, 0.15) is 17.5 Å². The first-order chi connectivity index (χ1) is 9.55. The normalized spacial score (nSPS) is 10.4. The fourth-order valence-corrected chi connectivity index (χ4v) is 3.10. The lowest BCUT2D eigenvalue weighted by Gasteiger charge is -2.14. The number of nitrogens with one attached hydrogen (secondary N) is 2. The molecule has 0 unspecified atom stereocenters. The van der Waals surface area contributed by atoms with Crippen molar-refractivity contribution in [3.8, 4) is 0 Å². The zero-order valence-corrected chi connectivity index (χ0v) is 14.9. The maximum atomic E-state index is 5.51. The Labute approximate surface area is 140 Å². The second-order valence-corrected chi connectivity index (χ2v) is 6.31. The Morgan fingerprint density at radius 3 is 2.60 bits per heavy atom. The zero-order valence-electron chi connectivity index (χ0n) is 11.2. The van der Waals surface area contributed by atoms with Gasteiger partial charge in [0.25, 0.3) is 0 Å². The summed E-state index contributed by atoms with van der Waals surface area (Å²) < 4.78 is 2.15. The van der Waals surface area contributed by atoms with Crippen LogP contribution >= 0.6 is 38.5 Å². The molecule has 0 aliphatic rings. The first-order valence-corrected chi connectivity index (χ1v) is 7.98. The van der Waals surface area contributed by atoms with E-state index in [1.807, 2.05) is 32.0 Å². The topological polar surface area (TPSA) is 75.9 Å². The molecule has 1 heterocycles. The number of nitrogens with two attached hydrogens (primary N) is 1. The number of halogens is 2. The summed E-state index contributed by atoms with van der Waals surface area (Å²) in [5.74, 6) is 7.65. The fourth-order valence-electron chi connectivity index (χ4n) is 1.70. The molecule has 2 aromatic rings. The Morgan fingerprint density at radius 1 is 1.30 bits per heavy atom. The molecule has 20 heavy (non-hydrogen) atoms. The lowest BCUT2D eigenvalue weighted by molar-refractivity contribution is 0.932. The minimum atomic E-state index is 0.640. The van der Waals surface area contributed by atoms with E-state index in [1.165, 1.54) is 0 Å². The second kappa shape index (κ2) is 6.68. The summed E-state index contributed by atoms with van der Waals surface area (Å²) in [6.45, 7) is 3.94. The van der Waals surface area contributed by atoms with Crippen molar-refractivity contribution in [2.24, 2.45) is 5.84 Å². The van der Waals surface area contributed by atoms with Gasteiger partial charge in [-0.1, -0.05) is 6.92 Å². The van der Waals surface area contributed by atoms with Crippen molar-refractivity contribution in [2.45, 2.75) is 20.3 Å². The molecule has 0 aliphatic carbocycles. The molecule has 106 valence electrons. The van der Waals surface area contributed by atoms with Crippen LogP contribution in [0.3, 0.4) is 0 Å². The van der Waals surface area contributed by atoms with Gasteiger partial charge in [-0.2, -0.15) is 0 Å². The average Bonchev–Trinajstić information content (AvgIpc) is 2.43. The second-order valence-electron chi connectivity index (χ2n) is 4.21. The van der Waals surface area contributed by atoms with Crippen LogP contribution in [0.5, 0.6) is 0 Å². The van der Waals surface area contributed by atoms with Gasteiger partial charge in [-0.3, -0.25) is 0 Å². The quantitative estimate of drug-likeness (QED) is 0.378. The predicted octanol–water partition coefficient (Wildman–Crippen LogP) is 3.74. The standard InChI is InChI=1S/C13H15BrIN5/c1-3-11-18-12(7(2)13(19-11)20-16)17-10-5-4-8(15)6-9(10)14/h4-6H,3,16H2,1-2H3,(H2,17,18,19,20). The SMILES string of the molecule is CCc1nc(NN)c(C)c(Nc2ccc(I)cc2Br)n1. The van der Waals surface area contributed by atoms with E-state index in [-0.39, 0.29) is 0 Å². The predicted molar refractivity (Wildman–Crippen MR) is 94.1 cm³/mol.